The summed E-state index contributed by atoms with van der Waals surface area (Å²) in [5.41, 5.74) is 2.33. The second-order valence-corrected chi connectivity index (χ2v) is 6.40. The van der Waals surface area contributed by atoms with Gasteiger partial charge in [0.25, 0.3) is 5.91 Å². The van der Waals surface area contributed by atoms with Crippen LogP contribution in [0.5, 0.6) is 17.2 Å². The number of carbonyl (C=O) groups is 1. The van der Waals surface area contributed by atoms with Gasteiger partial charge in [-0.2, -0.15) is 0 Å². The topological polar surface area (TPSA) is 56.8 Å². The van der Waals surface area contributed by atoms with Crippen molar-refractivity contribution in [2.45, 2.75) is 39.8 Å². The maximum Gasteiger partial charge on any atom is 0.261 e. The molecular formula is C21H27NO4. The Morgan fingerprint density at radius 2 is 1.58 bits per heavy atom. The molecule has 140 valence electrons. The Morgan fingerprint density at radius 3 is 2.19 bits per heavy atom. The summed E-state index contributed by atoms with van der Waals surface area (Å²) in [4.78, 5) is 12.3. The average molecular weight is 357 g/mol. The molecule has 0 aliphatic heterocycles. The number of carbonyl (C=O) groups excluding carboxylic acids is 1. The number of ether oxygens (including phenoxy) is 3. The van der Waals surface area contributed by atoms with Crippen LogP contribution in [0, 0.1) is 13.8 Å². The molecule has 0 aliphatic rings. The van der Waals surface area contributed by atoms with E-state index >= 15 is 0 Å². The van der Waals surface area contributed by atoms with Gasteiger partial charge >= 0.3 is 0 Å². The first-order valence-electron chi connectivity index (χ1n) is 8.70. The molecule has 1 amide bonds. The van der Waals surface area contributed by atoms with E-state index in [9.17, 15) is 4.79 Å². The Morgan fingerprint density at radius 1 is 0.962 bits per heavy atom. The Hall–Kier alpha value is -2.69. The van der Waals surface area contributed by atoms with E-state index in [1.54, 1.807) is 14.0 Å². The van der Waals surface area contributed by atoms with E-state index in [0.717, 1.165) is 17.1 Å². The van der Waals surface area contributed by atoms with Gasteiger partial charge in [-0.25, -0.2) is 0 Å². The van der Waals surface area contributed by atoms with Gasteiger partial charge in [-0.15, -0.1) is 0 Å². The molecule has 1 N–H and O–H groups in total. The van der Waals surface area contributed by atoms with Crippen LogP contribution >= 0.6 is 0 Å². The van der Waals surface area contributed by atoms with Gasteiger partial charge in [0.1, 0.15) is 23.9 Å². The van der Waals surface area contributed by atoms with E-state index in [1.165, 1.54) is 5.56 Å². The molecule has 0 aliphatic carbocycles. The fourth-order valence-electron chi connectivity index (χ4n) is 2.34. The van der Waals surface area contributed by atoms with Crippen molar-refractivity contribution in [2.75, 3.05) is 13.7 Å². The number of aryl methyl sites for hydroxylation is 2. The van der Waals surface area contributed by atoms with Gasteiger partial charge in [0.2, 0.25) is 0 Å². The Balaban J connectivity index is 1.80. The number of methoxy groups -OCH3 is 1. The van der Waals surface area contributed by atoms with Crippen molar-refractivity contribution >= 4 is 5.91 Å². The predicted octanol–water partition coefficient (Wildman–Crippen LogP) is 3.66. The SMILES string of the molecule is COc1ccc(OC[C@@H](C)NC(=O)[C@H](C)Oc2ccc(C)c(C)c2)cc1. The summed E-state index contributed by atoms with van der Waals surface area (Å²) in [6, 6.07) is 13.0. The first-order valence-corrected chi connectivity index (χ1v) is 8.70. The van der Waals surface area contributed by atoms with Crippen LogP contribution < -0.4 is 19.5 Å². The van der Waals surface area contributed by atoms with Gasteiger partial charge in [-0.1, -0.05) is 6.07 Å². The molecule has 0 fully saturated rings. The van der Waals surface area contributed by atoms with Crippen LogP contribution in [0.3, 0.4) is 0 Å². The van der Waals surface area contributed by atoms with Crippen LogP contribution in [0.25, 0.3) is 0 Å². The highest BCUT2D eigenvalue weighted by Crippen LogP contribution is 2.18. The van der Waals surface area contributed by atoms with Crippen molar-refractivity contribution in [3.63, 3.8) is 0 Å². The van der Waals surface area contributed by atoms with Crippen LogP contribution in [-0.4, -0.2) is 31.8 Å². The minimum atomic E-state index is -0.583. The van der Waals surface area contributed by atoms with Gasteiger partial charge in [0.15, 0.2) is 6.10 Å². The summed E-state index contributed by atoms with van der Waals surface area (Å²) in [6.07, 6.45) is -0.583. The summed E-state index contributed by atoms with van der Waals surface area (Å²) < 4.78 is 16.5. The lowest BCUT2D eigenvalue weighted by Gasteiger charge is -2.19. The first kappa shape index (κ1) is 19.6. The molecule has 0 saturated carbocycles. The highest BCUT2D eigenvalue weighted by atomic mass is 16.5. The summed E-state index contributed by atoms with van der Waals surface area (Å²) in [6.45, 7) is 8.06. The Kier molecular flexibility index (Phi) is 6.89. The minimum Gasteiger partial charge on any atom is -0.497 e. The molecule has 26 heavy (non-hydrogen) atoms. The second kappa shape index (κ2) is 9.13. The Bertz CT molecular complexity index is 727. The molecule has 0 unspecified atom stereocenters. The molecule has 2 atom stereocenters. The average Bonchev–Trinajstić information content (AvgIpc) is 2.63. The normalized spacial score (nSPS) is 12.8. The number of benzene rings is 2. The fraction of sp³-hybridized carbons (Fsp3) is 0.381. The van der Waals surface area contributed by atoms with E-state index in [4.69, 9.17) is 14.2 Å². The quantitative estimate of drug-likeness (QED) is 0.783. The molecule has 5 heteroatoms. The van der Waals surface area contributed by atoms with Crippen molar-refractivity contribution in [1.29, 1.82) is 0 Å². The van der Waals surface area contributed by atoms with E-state index in [-0.39, 0.29) is 11.9 Å². The van der Waals surface area contributed by atoms with Crippen molar-refractivity contribution in [2.24, 2.45) is 0 Å². The molecule has 2 aromatic rings. The molecular weight excluding hydrogens is 330 g/mol. The summed E-state index contributed by atoms with van der Waals surface area (Å²) in [7, 11) is 1.62. The summed E-state index contributed by atoms with van der Waals surface area (Å²) >= 11 is 0. The maximum absolute atomic E-state index is 12.3. The van der Waals surface area contributed by atoms with Crippen LogP contribution in [0.15, 0.2) is 42.5 Å². The molecule has 0 spiro atoms. The molecule has 0 aromatic heterocycles. The zero-order chi connectivity index (χ0) is 19.1. The standard InChI is InChI=1S/C21H27NO4/c1-14-6-7-20(12-15(14)2)26-17(4)21(23)22-16(3)13-25-19-10-8-18(24-5)9-11-19/h6-12,16-17H,13H2,1-5H3,(H,22,23)/t16-,17+/m1/s1. The second-order valence-electron chi connectivity index (χ2n) is 6.40. The van der Waals surface area contributed by atoms with E-state index < -0.39 is 6.10 Å². The van der Waals surface area contributed by atoms with Gasteiger partial charge in [-0.3, -0.25) is 4.79 Å². The zero-order valence-electron chi connectivity index (χ0n) is 16.0. The maximum atomic E-state index is 12.3. The molecule has 5 nitrogen and oxygen atoms in total. The fourth-order valence-corrected chi connectivity index (χ4v) is 2.34. The van der Waals surface area contributed by atoms with E-state index in [0.29, 0.717) is 12.4 Å². The third kappa shape index (κ3) is 5.69. The third-order valence-corrected chi connectivity index (χ3v) is 4.11. The smallest absolute Gasteiger partial charge is 0.261 e. The van der Waals surface area contributed by atoms with Crippen molar-refractivity contribution < 1.29 is 19.0 Å². The molecule has 2 rings (SSSR count). The van der Waals surface area contributed by atoms with Crippen molar-refractivity contribution in [1.82, 2.24) is 5.32 Å². The lowest BCUT2D eigenvalue weighted by Crippen LogP contribution is -2.43. The highest BCUT2D eigenvalue weighted by molar-refractivity contribution is 5.81. The lowest BCUT2D eigenvalue weighted by atomic mass is 10.1. The molecule has 2 aromatic carbocycles. The van der Waals surface area contributed by atoms with Gasteiger partial charge < -0.3 is 19.5 Å². The molecule has 0 heterocycles. The highest BCUT2D eigenvalue weighted by Gasteiger charge is 2.17. The predicted molar refractivity (Wildman–Crippen MR) is 102 cm³/mol. The van der Waals surface area contributed by atoms with Crippen LogP contribution in [0.2, 0.25) is 0 Å². The van der Waals surface area contributed by atoms with E-state index in [1.807, 2.05) is 63.2 Å². The number of nitrogens with one attached hydrogen (secondary N) is 1. The van der Waals surface area contributed by atoms with Crippen molar-refractivity contribution in [3.05, 3.63) is 53.6 Å². The van der Waals surface area contributed by atoms with Gasteiger partial charge in [-0.05, 0) is 75.2 Å². The van der Waals surface area contributed by atoms with Crippen molar-refractivity contribution in [3.8, 4) is 17.2 Å². The monoisotopic (exact) mass is 357 g/mol. The van der Waals surface area contributed by atoms with Gasteiger partial charge in [0, 0.05) is 0 Å². The zero-order valence-corrected chi connectivity index (χ0v) is 16.0. The number of hydrogen-bond donors (Lipinski definition) is 1. The number of hydrogen-bond acceptors (Lipinski definition) is 4. The van der Waals surface area contributed by atoms with Gasteiger partial charge in [0.05, 0.1) is 13.2 Å². The minimum absolute atomic E-state index is 0.143. The van der Waals surface area contributed by atoms with Crippen LogP contribution in [0.1, 0.15) is 25.0 Å². The number of rotatable bonds is 8. The summed E-state index contributed by atoms with van der Waals surface area (Å²) in [5, 5.41) is 2.91. The summed E-state index contributed by atoms with van der Waals surface area (Å²) in [5.74, 6) is 2.02. The Labute approximate surface area is 155 Å². The molecule has 0 saturated heterocycles. The lowest BCUT2D eigenvalue weighted by molar-refractivity contribution is -0.128. The largest absolute Gasteiger partial charge is 0.497 e. The van der Waals surface area contributed by atoms with Crippen LogP contribution in [0.4, 0.5) is 0 Å². The molecule has 0 radical (unpaired) electrons. The third-order valence-electron chi connectivity index (χ3n) is 4.11. The first-order chi connectivity index (χ1) is 12.4. The molecule has 0 bridgehead atoms. The van der Waals surface area contributed by atoms with Crippen LogP contribution in [-0.2, 0) is 4.79 Å². The van der Waals surface area contributed by atoms with E-state index in [2.05, 4.69) is 5.32 Å². The number of amides is 1.